The number of halogens is 1. The lowest BCUT2D eigenvalue weighted by Crippen LogP contribution is -2.25. The maximum absolute atomic E-state index is 12.0. The van der Waals surface area contributed by atoms with E-state index in [0.29, 0.717) is 22.8 Å². The van der Waals surface area contributed by atoms with E-state index in [1.807, 2.05) is 25.1 Å². The van der Waals surface area contributed by atoms with Crippen molar-refractivity contribution >= 4 is 11.6 Å². The lowest BCUT2D eigenvalue weighted by molar-refractivity contribution is 0.613. The Balaban J connectivity index is 2.58. The Morgan fingerprint density at radius 1 is 1.37 bits per heavy atom. The van der Waals surface area contributed by atoms with E-state index in [9.17, 15) is 4.79 Å². The summed E-state index contributed by atoms with van der Waals surface area (Å²) in [4.78, 5) is 12.0. The van der Waals surface area contributed by atoms with Gasteiger partial charge in [-0.2, -0.15) is 10.4 Å². The van der Waals surface area contributed by atoms with E-state index in [1.165, 1.54) is 4.68 Å². The molecule has 4 nitrogen and oxygen atoms in total. The molecule has 0 saturated carbocycles. The smallest absolute Gasteiger partial charge is 0.267 e. The summed E-state index contributed by atoms with van der Waals surface area (Å²) in [7, 11) is 0. The van der Waals surface area contributed by atoms with E-state index < -0.39 is 0 Å². The maximum Gasteiger partial charge on any atom is 0.271 e. The van der Waals surface area contributed by atoms with Gasteiger partial charge in [-0.3, -0.25) is 4.79 Å². The summed E-state index contributed by atoms with van der Waals surface area (Å²) in [6, 6.07) is 10.9. The third-order valence-electron chi connectivity index (χ3n) is 2.76. The molecule has 0 unspecified atom stereocenters. The predicted molar refractivity (Wildman–Crippen MR) is 73.9 cm³/mol. The summed E-state index contributed by atoms with van der Waals surface area (Å²) >= 11 is 5.85. The summed E-state index contributed by atoms with van der Waals surface area (Å²) in [5.74, 6) is 0. The van der Waals surface area contributed by atoms with E-state index in [-0.39, 0.29) is 12.0 Å². The van der Waals surface area contributed by atoms with Gasteiger partial charge in [0.15, 0.2) is 0 Å². The van der Waals surface area contributed by atoms with Crippen molar-refractivity contribution < 1.29 is 0 Å². The van der Waals surface area contributed by atoms with Gasteiger partial charge in [0.1, 0.15) is 0 Å². The van der Waals surface area contributed by atoms with E-state index in [2.05, 4.69) is 5.10 Å². The Morgan fingerprint density at radius 2 is 2.05 bits per heavy atom. The fourth-order valence-corrected chi connectivity index (χ4v) is 1.91. The van der Waals surface area contributed by atoms with Crippen molar-refractivity contribution in [2.75, 3.05) is 0 Å². The Hall–Kier alpha value is -2.12. The second kappa shape index (κ2) is 5.68. The summed E-state index contributed by atoms with van der Waals surface area (Å²) in [6.45, 7) is 2.31. The van der Waals surface area contributed by atoms with Gasteiger partial charge >= 0.3 is 0 Å². The standard InChI is InChI=1S/C14H12ClN3O/c1-2-18-14(19)11(7-8-16)9-13(17-18)10-3-5-12(15)6-4-10/h3-6,9H,2,7H2,1H3. The molecule has 0 fully saturated rings. The molecule has 5 heteroatoms. The number of rotatable bonds is 3. The second-order valence-electron chi connectivity index (χ2n) is 4.02. The highest BCUT2D eigenvalue weighted by Gasteiger charge is 2.08. The molecule has 0 aliphatic heterocycles. The Labute approximate surface area is 115 Å². The highest BCUT2D eigenvalue weighted by Crippen LogP contribution is 2.19. The van der Waals surface area contributed by atoms with E-state index >= 15 is 0 Å². The van der Waals surface area contributed by atoms with Crippen molar-refractivity contribution in [1.29, 1.82) is 5.26 Å². The monoisotopic (exact) mass is 273 g/mol. The number of nitriles is 1. The maximum atomic E-state index is 12.0. The number of hydrogen-bond acceptors (Lipinski definition) is 3. The van der Waals surface area contributed by atoms with Crippen LogP contribution in [0, 0.1) is 11.3 Å². The first-order valence-electron chi connectivity index (χ1n) is 5.89. The van der Waals surface area contributed by atoms with Crippen LogP contribution in [-0.4, -0.2) is 9.78 Å². The molecule has 0 N–H and O–H groups in total. The molecule has 2 aromatic rings. The quantitative estimate of drug-likeness (QED) is 0.864. The topological polar surface area (TPSA) is 58.7 Å². The van der Waals surface area contributed by atoms with Crippen molar-refractivity contribution in [3.8, 4) is 17.3 Å². The Morgan fingerprint density at radius 3 is 2.63 bits per heavy atom. The van der Waals surface area contributed by atoms with Crippen LogP contribution in [0.2, 0.25) is 5.02 Å². The lowest BCUT2D eigenvalue weighted by atomic mass is 10.1. The Bertz CT molecular complexity index is 683. The Kier molecular flexibility index (Phi) is 3.98. The van der Waals surface area contributed by atoms with Crippen LogP contribution in [-0.2, 0) is 13.0 Å². The van der Waals surface area contributed by atoms with Gasteiger partial charge in [-0.25, -0.2) is 4.68 Å². The zero-order valence-electron chi connectivity index (χ0n) is 10.4. The van der Waals surface area contributed by atoms with Crippen molar-refractivity contribution in [2.24, 2.45) is 0 Å². The fourth-order valence-electron chi connectivity index (χ4n) is 1.78. The van der Waals surface area contributed by atoms with Crippen LogP contribution >= 0.6 is 11.6 Å². The van der Waals surface area contributed by atoms with Crippen molar-refractivity contribution in [3.63, 3.8) is 0 Å². The molecular formula is C14H12ClN3O. The summed E-state index contributed by atoms with van der Waals surface area (Å²) in [5.41, 5.74) is 1.79. The zero-order valence-corrected chi connectivity index (χ0v) is 11.2. The predicted octanol–water partition coefficient (Wildman–Crippen LogP) is 2.65. The number of aromatic nitrogens is 2. The molecular weight excluding hydrogens is 262 g/mol. The largest absolute Gasteiger partial charge is 0.271 e. The number of benzene rings is 1. The molecule has 0 atom stereocenters. The van der Waals surface area contributed by atoms with E-state index in [0.717, 1.165) is 5.56 Å². The highest BCUT2D eigenvalue weighted by molar-refractivity contribution is 6.30. The van der Waals surface area contributed by atoms with Gasteiger partial charge in [-0.15, -0.1) is 0 Å². The molecule has 96 valence electrons. The third-order valence-corrected chi connectivity index (χ3v) is 3.01. The van der Waals surface area contributed by atoms with Crippen molar-refractivity contribution in [1.82, 2.24) is 9.78 Å². The third kappa shape index (κ3) is 2.83. The average Bonchev–Trinajstić information content (AvgIpc) is 2.42. The van der Waals surface area contributed by atoms with Gasteiger partial charge in [0.25, 0.3) is 5.56 Å². The van der Waals surface area contributed by atoms with Gasteiger partial charge < -0.3 is 0 Å². The van der Waals surface area contributed by atoms with Crippen LogP contribution < -0.4 is 5.56 Å². The highest BCUT2D eigenvalue weighted by atomic mass is 35.5. The van der Waals surface area contributed by atoms with Crippen LogP contribution in [0.3, 0.4) is 0 Å². The van der Waals surface area contributed by atoms with Crippen LogP contribution in [0.15, 0.2) is 35.1 Å². The molecule has 0 saturated heterocycles. The fraction of sp³-hybridized carbons (Fsp3) is 0.214. The molecule has 2 rings (SSSR count). The first kappa shape index (κ1) is 13.3. The molecule has 0 spiro atoms. The van der Waals surface area contributed by atoms with Crippen molar-refractivity contribution in [2.45, 2.75) is 19.9 Å². The second-order valence-corrected chi connectivity index (χ2v) is 4.45. The number of nitrogens with zero attached hydrogens (tertiary/aromatic N) is 3. The minimum Gasteiger partial charge on any atom is -0.267 e. The zero-order chi connectivity index (χ0) is 13.8. The summed E-state index contributed by atoms with van der Waals surface area (Å²) < 4.78 is 1.37. The number of aryl methyl sites for hydroxylation is 1. The van der Waals surface area contributed by atoms with Crippen LogP contribution in [0.5, 0.6) is 0 Å². The van der Waals surface area contributed by atoms with Crippen LogP contribution in [0.25, 0.3) is 11.3 Å². The molecule has 1 aromatic heterocycles. The SMILES string of the molecule is CCn1nc(-c2ccc(Cl)cc2)cc(CC#N)c1=O. The molecule has 0 bridgehead atoms. The van der Waals surface area contributed by atoms with Gasteiger partial charge in [0.2, 0.25) is 0 Å². The van der Waals surface area contributed by atoms with E-state index in [1.54, 1.807) is 18.2 Å². The van der Waals surface area contributed by atoms with Gasteiger partial charge in [-0.05, 0) is 25.1 Å². The van der Waals surface area contributed by atoms with E-state index in [4.69, 9.17) is 16.9 Å². The molecule has 0 radical (unpaired) electrons. The minimum atomic E-state index is -0.207. The molecule has 1 heterocycles. The number of hydrogen-bond donors (Lipinski definition) is 0. The first-order valence-corrected chi connectivity index (χ1v) is 6.27. The van der Waals surface area contributed by atoms with Crippen LogP contribution in [0.1, 0.15) is 12.5 Å². The minimum absolute atomic E-state index is 0.0853. The molecule has 19 heavy (non-hydrogen) atoms. The first-order chi connectivity index (χ1) is 9.15. The molecule has 0 aliphatic rings. The lowest BCUT2D eigenvalue weighted by Gasteiger charge is -2.07. The van der Waals surface area contributed by atoms with Crippen LogP contribution in [0.4, 0.5) is 0 Å². The normalized spacial score (nSPS) is 10.2. The van der Waals surface area contributed by atoms with Crippen molar-refractivity contribution in [3.05, 3.63) is 51.3 Å². The van der Waals surface area contributed by atoms with Gasteiger partial charge in [0, 0.05) is 22.7 Å². The molecule has 1 aromatic carbocycles. The summed E-state index contributed by atoms with van der Waals surface area (Å²) in [6.07, 6.45) is 0.0853. The van der Waals surface area contributed by atoms with Gasteiger partial charge in [-0.1, -0.05) is 23.7 Å². The average molecular weight is 274 g/mol. The molecule has 0 aliphatic carbocycles. The molecule has 0 amide bonds. The summed E-state index contributed by atoms with van der Waals surface area (Å²) in [5, 5.41) is 13.7. The van der Waals surface area contributed by atoms with Gasteiger partial charge in [0.05, 0.1) is 18.2 Å².